The molecule has 0 amide bonds. The third-order valence-corrected chi connectivity index (χ3v) is 5.53. The Labute approximate surface area is 188 Å². The van der Waals surface area contributed by atoms with Gasteiger partial charge in [-0.1, -0.05) is 84.4 Å². The van der Waals surface area contributed by atoms with Crippen LogP contribution >= 0.6 is 0 Å². The predicted molar refractivity (Wildman–Crippen MR) is 124 cm³/mol. The molecule has 0 heterocycles. The van der Waals surface area contributed by atoms with Gasteiger partial charge in [-0.15, -0.1) is 0 Å². The van der Waals surface area contributed by atoms with Gasteiger partial charge < -0.3 is 9.84 Å². The van der Waals surface area contributed by atoms with E-state index < -0.39 is 5.97 Å². The highest BCUT2D eigenvalue weighted by Gasteiger charge is 2.17. The van der Waals surface area contributed by atoms with E-state index in [1.165, 1.54) is 5.57 Å². The molecule has 3 aromatic rings. The predicted octanol–water partition coefficient (Wildman–Crippen LogP) is 5.18. The Bertz CT molecular complexity index is 1020. The summed E-state index contributed by atoms with van der Waals surface area (Å²) in [5.74, 6) is -0.305. The van der Waals surface area contributed by atoms with Gasteiger partial charge in [0.25, 0.3) is 0 Å². The molecule has 32 heavy (non-hydrogen) atoms. The summed E-state index contributed by atoms with van der Waals surface area (Å²) in [5.41, 5.74) is 8.88. The third kappa shape index (κ3) is 5.63. The Morgan fingerprint density at radius 1 is 0.906 bits per heavy atom. The van der Waals surface area contributed by atoms with E-state index in [9.17, 15) is 4.79 Å². The van der Waals surface area contributed by atoms with Crippen molar-refractivity contribution in [1.29, 1.82) is 0 Å². The summed E-state index contributed by atoms with van der Waals surface area (Å²) in [7, 11) is 0. The molecule has 0 saturated carbocycles. The number of nitrogens with one attached hydrogen (secondary N) is 1. The van der Waals surface area contributed by atoms with Crippen molar-refractivity contribution in [3.05, 3.63) is 107 Å². The Morgan fingerprint density at radius 3 is 2.25 bits per heavy atom. The topological polar surface area (TPSA) is 67.8 Å². The minimum absolute atomic E-state index is 0.174. The zero-order valence-corrected chi connectivity index (χ0v) is 17.9. The molecule has 164 valence electrons. The Balaban J connectivity index is 1.36. The summed E-state index contributed by atoms with van der Waals surface area (Å²) in [6, 6.07) is 26.2. The standard InChI is InChI=1S/C27H27NO4/c29-26(30)19-31-25-13-7-12-23-18-20(14-15-24(23)25)16-17-28-32-27(21-8-3-1-4-9-21)22-10-5-2-6-11-22/h1-13,18,27-28H,14-17,19H2,(H,29,30). The van der Waals surface area contributed by atoms with Gasteiger partial charge in [-0.25, -0.2) is 10.3 Å². The quantitative estimate of drug-likeness (QED) is 0.343. The lowest BCUT2D eigenvalue weighted by molar-refractivity contribution is -0.139. The number of hydrogen-bond acceptors (Lipinski definition) is 4. The zero-order chi connectivity index (χ0) is 22.2. The molecule has 0 bridgehead atoms. The molecule has 0 fully saturated rings. The molecule has 0 radical (unpaired) electrons. The largest absolute Gasteiger partial charge is 0.482 e. The van der Waals surface area contributed by atoms with Gasteiger partial charge in [0.2, 0.25) is 0 Å². The SMILES string of the molecule is O=C(O)COc1cccc2c1CCC(CCNOC(c1ccccc1)c1ccccc1)=C2. The van der Waals surface area contributed by atoms with Crippen molar-refractivity contribution in [3.63, 3.8) is 0 Å². The van der Waals surface area contributed by atoms with Gasteiger partial charge in [0.05, 0.1) is 0 Å². The first-order valence-corrected chi connectivity index (χ1v) is 10.8. The van der Waals surface area contributed by atoms with Crippen molar-refractivity contribution in [2.45, 2.75) is 25.4 Å². The number of aliphatic carboxylic acids is 1. The molecule has 1 aliphatic carbocycles. The van der Waals surface area contributed by atoms with E-state index in [1.54, 1.807) is 0 Å². The maximum absolute atomic E-state index is 10.8. The molecular weight excluding hydrogens is 402 g/mol. The number of hydroxylamine groups is 1. The molecule has 3 aromatic carbocycles. The first kappa shape index (κ1) is 21.8. The molecule has 2 N–H and O–H groups in total. The van der Waals surface area contributed by atoms with Crippen LogP contribution in [0.4, 0.5) is 0 Å². The van der Waals surface area contributed by atoms with Gasteiger partial charge in [0.15, 0.2) is 6.61 Å². The molecule has 1 aliphatic rings. The van der Waals surface area contributed by atoms with E-state index in [0.717, 1.165) is 41.5 Å². The summed E-state index contributed by atoms with van der Waals surface area (Å²) < 4.78 is 5.45. The van der Waals surface area contributed by atoms with Crippen molar-refractivity contribution in [2.75, 3.05) is 13.2 Å². The van der Waals surface area contributed by atoms with Crippen LogP contribution in [0.5, 0.6) is 5.75 Å². The van der Waals surface area contributed by atoms with Gasteiger partial charge in [-0.3, -0.25) is 4.84 Å². The van der Waals surface area contributed by atoms with Crippen molar-refractivity contribution in [2.24, 2.45) is 0 Å². The fourth-order valence-corrected chi connectivity index (χ4v) is 3.97. The van der Waals surface area contributed by atoms with Gasteiger partial charge in [-0.05, 0) is 42.0 Å². The average molecular weight is 430 g/mol. The molecule has 0 spiro atoms. The molecule has 0 saturated heterocycles. The van der Waals surface area contributed by atoms with Crippen molar-refractivity contribution in [3.8, 4) is 5.75 Å². The number of ether oxygens (including phenoxy) is 1. The molecule has 0 aliphatic heterocycles. The van der Waals surface area contributed by atoms with Crippen LogP contribution in [0.15, 0.2) is 84.4 Å². The van der Waals surface area contributed by atoms with Gasteiger partial charge in [0.1, 0.15) is 11.9 Å². The fraction of sp³-hybridized carbons (Fsp3) is 0.222. The number of rotatable bonds is 10. The Hall–Kier alpha value is -3.41. The Kier molecular flexibility index (Phi) is 7.33. The summed E-state index contributed by atoms with van der Waals surface area (Å²) in [6.45, 7) is 0.380. The van der Waals surface area contributed by atoms with Crippen LogP contribution in [0.2, 0.25) is 0 Å². The summed E-state index contributed by atoms with van der Waals surface area (Å²) in [6.07, 6.45) is 4.64. The molecule has 0 atom stereocenters. The molecular formula is C27H27NO4. The molecule has 0 aromatic heterocycles. The highest BCUT2D eigenvalue weighted by Crippen LogP contribution is 2.32. The number of carbonyl (C=O) groups is 1. The lowest BCUT2D eigenvalue weighted by Crippen LogP contribution is -2.21. The van der Waals surface area contributed by atoms with Gasteiger partial charge in [-0.2, -0.15) is 0 Å². The normalized spacial score (nSPS) is 12.8. The molecule has 5 heteroatoms. The number of carboxylic acids is 1. The smallest absolute Gasteiger partial charge is 0.341 e. The number of benzene rings is 3. The Morgan fingerprint density at radius 2 is 1.59 bits per heavy atom. The van der Waals surface area contributed by atoms with Crippen molar-refractivity contribution < 1.29 is 19.5 Å². The van der Waals surface area contributed by atoms with Crippen molar-refractivity contribution in [1.82, 2.24) is 5.48 Å². The minimum atomic E-state index is -0.968. The van der Waals surface area contributed by atoms with Crippen LogP contribution in [0, 0.1) is 0 Å². The molecule has 5 nitrogen and oxygen atoms in total. The van der Waals surface area contributed by atoms with E-state index in [2.05, 4.69) is 35.8 Å². The highest BCUT2D eigenvalue weighted by atomic mass is 16.7. The minimum Gasteiger partial charge on any atom is -0.482 e. The van der Waals surface area contributed by atoms with E-state index >= 15 is 0 Å². The monoisotopic (exact) mass is 429 g/mol. The van der Waals surface area contributed by atoms with Crippen LogP contribution in [0.3, 0.4) is 0 Å². The summed E-state index contributed by atoms with van der Waals surface area (Å²) in [5, 5.41) is 8.87. The van der Waals surface area contributed by atoms with Crippen LogP contribution < -0.4 is 10.2 Å². The van der Waals surface area contributed by atoms with Crippen molar-refractivity contribution >= 4 is 12.0 Å². The van der Waals surface area contributed by atoms with Crippen LogP contribution in [-0.4, -0.2) is 24.2 Å². The highest BCUT2D eigenvalue weighted by molar-refractivity contribution is 5.69. The second kappa shape index (κ2) is 10.8. The number of fused-ring (bicyclic) bond motifs is 1. The first-order valence-electron chi connectivity index (χ1n) is 10.8. The van der Waals surface area contributed by atoms with Crippen LogP contribution in [-0.2, 0) is 16.1 Å². The van der Waals surface area contributed by atoms with E-state index in [4.69, 9.17) is 14.7 Å². The van der Waals surface area contributed by atoms with E-state index in [-0.39, 0.29) is 12.7 Å². The van der Waals surface area contributed by atoms with Gasteiger partial charge >= 0.3 is 5.97 Å². The first-order chi connectivity index (χ1) is 15.7. The second-order valence-corrected chi connectivity index (χ2v) is 7.77. The van der Waals surface area contributed by atoms with Gasteiger partial charge in [0, 0.05) is 12.1 Å². The fourth-order valence-electron chi connectivity index (χ4n) is 3.97. The molecule has 4 rings (SSSR count). The van der Waals surface area contributed by atoms with E-state index in [1.807, 2.05) is 54.6 Å². The lowest BCUT2D eigenvalue weighted by Gasteiger charge is -2.21. The lowest BCUT2D eigenvalue weighted by atomic mass is 9.90. The number of carboxylic acid groups (broad SMARTS) is 1. The summed E-state index contributed by atoms with van der Waals surface area (Å²) >= 11 is 0. The number of hydrogen-bond donors (Lipinski definition) is 2. The maximum Gasteiger partial charge on any atom is 0.341 e. The van der Waals surface area contributed by atoms with Crippen LogP contribution in [0.1, 0.15) is 41.2 Å². The van der Waals surface area contributed by atoms with E-state index in [0.29, 0.717) is 12.3 Å². The average Bonchev–Trinajstić information content (AvgIpc) is 2.83. The third-order valence-electron chi connectivity index (χ3n) is 5.53. The summed E-state index contributed by atoms with van der Waals surface area (Å²) in [4.78, 5) is 16.9. The zero-order valence-electron chi connectivity index (χ0n) is 17.9. The van der Waals surface area contributed by atoms with Crippen LogP contribution in [0.25, 0.3) is 6.08 Å². The maximum atomic E-state index is 10.8. The molecule has 0 unspecified atom stereocenters. The second-order valence-electron chi connectivity index (χ2n) is 7.77.